The predicted molar refractivity (Wildman–Crippen MR) is 54.3 cm³/mol. The van der Waals surface area contributed by atoms with Gasteiger partial charge in [0, 0.05) is 0 Å². The van der Waals surface area contributed by atoms with Crippen molar-refractivity contribution in [3.8, 4) is 0 Å². The Morgan fingerprint density at radius 3 is 1.73 bits per heavy atom. The van der Waals surface area contributed by atoms with Crippen LogP contribution in [0.3, 0.4) is 0 Å². The normalized spacial score (nSPS) is 13.6. The van der Waals surface area contributed by atoms with E-state index >= 15 is 0 Å². The van der Waals surface area contributed by atoms with E-state index in [4.69, 9.17) is 58.0 Å². The zero-order chi connectivity index (χ0) is 9.12. The van der Waals surface area contributed by atoms with Crippen molar-refractivity contribution >= 4 is 58.0 Å². The van der Waals surface area contributed by atoms with Gasteiger partial charge in [-0.2, -0.15) is 0 Å². The average molecular weight is 258 g/mol. The van der Waals surface area contributed by atoms with E-state index < -0.39 is 8.13 Å². The highest BCUT2D eigenvalue weighted by molar-refractivity contribution is 6.75. The van der Waals surface area contributed by atoms with Gasteiger partial charge < -0.3 is 0 Å². The molecule has 0 spiro atoms. The van der Waals surface area contributed by atoms with Gasteiger partial charge in [-0.1, -0.05) is 77.8 Å². The minimum absolute atomic E-state index is 0.489. The third-order valence-electron chi connectivity index (χ3n) is 1.26. The fourth-order valence-corrected chi connectivity index (χ4v) is 1.09. The van der Waals surface area contributed by atoms with Crippen molar-refractivity contribution in [3.63, 3.8) is 0 Å². The van der Waals surface area contributed by atoms with Gasteiger partial charge in [-0.05, 0) is 6.42 Å². The first-order chi connectivity index (χ1) is 4.81. The molecule has 0 aromatic heterocycles. The second-order valence-corrected chi connectivity index (χ2v) is 6.07. The minimum atomic E-state index is -1.61. The lowest BCUT2D eigenvalue weighted by Crippen LogP contribution is -2.30. The number of alkyl halides is 5. The number of hydrogen-bond donors (Lipinski definition) is 0. The molecule has 0 rings (SSSR count). The molecule has 0 atom stereocenters. The van der Waals surface area contributed by atoms with Crippen molar-refractivity contribution in [2.24, 2.45) is 0 Å². The number of rotatable bonds is 3. The molecule has 0 nitrogen and oxygen atoms in total. The quantitative estimate of drug-likeness (QED) is 0.642. The molecule has 0 unspecified atom stereocenters. The zero-order valence-corrected chi connectivity index (χ0v) is 9.79. The highest BCUT2D eigenvalue weighted by Gasteiger charge is 2.44. The Balaban J connectivity index is 4.00. The Hall–Kier alpha value is 1.45. The van der Waals surface area contributed by atoms with Crippen LogP contribution in [0.25, 0.3) is 0 Å². The van der Waals surface area contributed by atoms with Gasteiger partial charge in [-0.3, -0.25) is 0 Å². The first kappa shape index (κ1) is 12.4. The molecule has 0 aromatic rings. The zero-order valence-electron chi connectivity index (χ0n) is 6.01. The van der Waals surface area contributed by atoms with Crippen molar-refractivity contribution in [2.45, 2.75) is 34.3 Å². The Morgan fingerprint density at radius 1 is 1.00 bits per heavy atom. The van der Waals surface area contributed by atoms with Crippen molar-refractivity contribution in [2.75, 3.05) is 0 Å². The van der Waals surface area contributed by atoms with Gasteiger partial charge in [-0.25, -0.2) is 0 Å². The first-order valence-corrected chi connectivity index (χ1v) is 5.15. The van der Waals surface area contributed by atoms with Crippen molar-refractivity contribution in [1.82, 2.24) is 0 Å². The molecule has 5 heteroatoms. The molecule has 0 fully saturated rings. The molecule has 0 N–H and O–H groups in total. The average Bonchev–Trinajstić information content (AvgIpc) is 1.81. The molecule has 0 aliphatic heterocycles. The molecule has 0 heterocycles. The van der Waals surface area contributed by atoms with E-state index in [2.05, 4.69) is 0 Å². The maximum Gasteiger partial charge on any atom is 0.223 e. The van der Waals surface area contributed by atoms with Crippen LogP contribution < -0.4 is 0 Å². The Labute approximate surface area is 92.1 Å². The number of unbranched alkanes of at least 4 members (excludes halogenated alkanes) is 1. The summed E-state index contributed by atoms with van der Waals surface area (Å²) in [6.07, 6.45) is 2.31. The summed E-state index contributed by atoms with van der Waals surface area (Å²) in [5.74, 6) is 0. The van der Waals surface area contributed by atoms with E-state index in [-0.39, 0.29) is 0 Å². The van der Waals surface area contributed by atoms with Crippen LogP contribution in [0.5, 0.6) is 0 Å². The lowest BCUT2D eigenvalue weighted by atomic mass is 10.2. The third-order valence-corrected chi connectivity index (χ3v) is 3.75. The minimum Gasteiger partial charge on any atom is -0.0969 e. The standard InChI is InChI=1S/C6H9Cl5/c1-2-3-4-5(7,8)6(9,10)11/h2-4H2,1H3. The third kappa shape index (κ3) is 4.28. The largest absolute Gasteiger partial charge is 0.223 e. The Bertz CT molecular complexity index is 115. The molecular weight excluding hydrogens is 249 g/mol. The maximum absolute atomic E-state index is 5.76. The SMILES string of the molecule is CCCCC(Cl)(Cl)C(Cl)(Cl)Cl. The van der Waals surface area contributed by atoms with E-state index in [1.54, 1.807) is 0 Å². The fraction of sp³-hybridized carbons (Fsp3) is 1.00. The number of halogens is 5. The fourth-order valence-electron chi connectivity index (χ4n) is 0.541. The van der Waals surface area contributed by atoms with Gasteiger partial charge in [0.05, 0.1) is 0 Å². The van der Waals surface area contributed by atoms with Gasteiger partial charge >= 0.3 is 0 Å². The lowest BCUT2D eigenvalue weighted by Gasteiger charge is -2.26. The monoisotopic (exact) mass is 256 g/mol. The summed E-state index contributed by atoms with van der Waals surface area (Å²) in [5.41, 5.74) is 0. The van der Waals surface area contributed by atoms with Gasteiger partial charge in [-0.15, -0.1) is 0 Å². The summed E-state index contributed by atoms with van der Waals surface area (Å²) < 4.78 is -2.88. The van der Waals surface area contributed by atoms with E-state index in [0.29, 0.717) is 6.42 Å². The molecule has 0 aromatic carbocycles. The van der Waals surface area contributed by atoms with Crippen LogP contribution in [-0.2, 0) is 0 Å². The smallest absolute Gasteiger partial charge is 0.0969 e. The van der Waals surface area contributed by atoms with Crippen LogP contribution in [0.15, 0.2) is 0 Å². The molecule has 0 saturated heterocycles. The highest BCUT2D eigenvalue weighted by Crippen LogP contribution is 2.48. The van der Waals surface area contributed by atoms with E-state index in [1.807, 2.05) is 6.92 Å². The van der Waals surface area contributed by atoms with Crippen LogP contribution in [0.4, 0.5) is 0 Å². The van der Waals surface area contributed by atoms with Crippen LogP contribution in [0.2, 0.25) is 0 Å². The van der Waals surface area contributed by atoms with Crippen LogP contribution in [0.1, 0.15) is 26.2 Å². The maximum atomic E-state index is 5.76. The van der Waals surface area contributed by atoms with Gasteiger partial charge in [0.25, 0.3) is 0 Å². The summed E-state index contributed by atoms with van der Waals surface area (Å²) in [6.45, 7) is 2.02. The topological polar surface area (TPSA) is 0 Å². The van der Waals surface area contributed by atoms with Crippen LogP contribution in [-0.4, -0.2) is 8.13 Å². The van der Waals surface area contributed by atoms with Crippen molar-refractivity contribution in [1.29, 1.82) is 0 Å². The predicted octanol–water partition coefficient (Wildman–Crippen LogP) is 4.72. The number of hydrogen-bond acceptors (Lipinski definition) is 0. The van der Waals surface area contributed by atoms with E-state index in [1.165, 1.54) is 0 Å². The summed E-state index contributed by atoms with van der Waals surface area (Å²) in [6, 6.07) is 0. The molecular formula is C6H9Cl5. The molecule has 0 bridgehead atoms. The molecule has 0 radical (unpaired) electrons. The van der Waals surface area contributed by atoms with E-state index in [0.717, 1.165) is 12.8 Å². The van der Waals surface area contributed by atoms with Crippen LogP contribution in [0, 0.1) is 0 Å². The molecule has 68 valence electrons. The van der Waals surface area contributed by atoms with Crippen LogP contribution >= 0.6 is 58.0 Å². The second-order valence-electron chi connectivity index (χ2n) is 2.31. The molecule has 0 aliphatic rings. The summed E-state index contributed by atoms with van der Waals surface area (Å²) in [7, 11) is 0. The lowest BCUT2D eigenvalue weighted by molar-refractivity contribution is 0.643. The Morgan fingerprint density at radius 2 is 1.45 bits per heavy atom. The van der Waals surface area contributed by atoms with Gasteiger partial charge in [0.15, 0.2) is 4.33 Å². The first-order valence-electron chi connectivity index (χ1n) is 3.26. The Kier molecular flexibility index (Phi) is 5.23. The highest BCUT2D eigenvalue weighted by atomic mass is 35.6. The van der Waals surface area contributed by atoms with Gasteiger partial charge in [0.1, 0.15) is 0 Å². The molecule has 0 amide bonds. The van der Waals surface area contributed by atoms with E-state index in [9.17, 15) is 0 Å². The summed E-state index contributed by atoms with van der Waals surface area (Å²) in [4.78, 5) is 0. The summed E-state index contributed by atoms with van der Waals surface area (Å²) >= 11 is 28.1. The van der Waals surface area contributed by atoms with Gasteiger partial charge in [0.2, 0.25) is 3.79 Å². The molecule has 0 saturated carbocycles. The molecule has 0 aliphatic carbocycles. The second kappa shape index (κ2) is 4.62. The summed E-state index contributed by atoms with van der Waals surface area (Å²) in [5, 5.41) is 0. The van der Waals surface area contributed by atoms with Crippen molar-refractivity contribution in [3.05, 3.63) is 0 Å². The van der Waals surface area contributed by atoms with Crippen molar-refractivity contribution < 1.29 is 0 Å². The molecule has 11 heavy (non-hydrogen) atoms.